The van der Waals surface area contributed by atoms with Crippen LogP contribution in [0.1, 0.15) is 53.4 Å². The number of amides is 1. The third-order valence-electron chi connectivity index (χ3n) is 4.37. The smallest absolute Gasteiger partial charge is 0.232 e. The number of β-lactam (4-membered cyclic amide) rings is 1. The molecule has 0 aromatic heterocycles. The SMILES string of the molecule is CC(C)N1C(=O)C(C)(C)C12CCCCC2=O. The molecular formula is C13H21NO2. The lowest BCUT2D eigenvalue weighted by molar-refractivity contribution is -0.200. The van der Waals surface area contributed by atoms with Crippen molar-refractivity contribution >= 4 is 11.7 Å². The summed E-state index contributed by atoms with van der Waals surface area (Å²) in [6, 6.07) is 0.127. The van der Waals surface area contributed by atoms with Crippen LogP contribution in [0.4, 0.5) is 0 Å². The average Bonchev–Trinajstić information content (AvgIpc) is 2.20. The Morgan fingerprint density at radius 1 is 1.19 bits per heavy atom. The molecule has 1 saturated heterocycles. The maximum absolute atomic E-state index is 12.3. The van der Waals surface area contributed by atoms with Gasteiger partial charge in [0.15, 0.2) is 5.78 Å². The van der Waals surface area contributed by atoms with E-state index in [0.29, 0.717) is 6.42 Å². The molecule has 16 heavy (non-hydrogen) atoms. The van der Waals surface area contributed by atoms with Crippen molar-refractivity contribution in [3.8, 4) is 0 Å². The number of rotatable bonds is 1. The maximum atomic E-state index is 12.3. The summed E-state index contributed by atoms with van der Waals surface area (Å²) < 4.78 is 0. The Morgan fingerprint density at radius 3 is 2.31 bits per heavy atom. The molecule has 1 amide bonds. The number of Topliss-reactive ketones (excluding diaryl/α,β-unsaturated/α-hetero) is 1. The molecule has 90 valence electrons. The number of carbonyl (C=O) groups excluding carboxylic acids is 2. The van der Waals surface area contributed by atoms with E-state index >= 15 is 0 Å². The van der Waals surface area contributed by atoms with E-state index < -0.39 is 11.0 Å². The predicted octanol–water partition coefficient (Wildman–Crippen LogP) is 2.15. The summed E-state index contributed by atoms with van der Waals surface area (Å²) in [7, 11) is 0. The Hall–Kier alpha value is -0.860. The zero-order valence-corrected chi connectivity index (χ0v) is 10.7. The van der Waals surface area contributed by atoms with E-state index in [1.165, 1.54) is 0 Å². The molecule has 1 heterocycles. The Morgan fingerprint density at radius 2 is 1.81 bits per heavy atom. The highest BCUT2D eigenvalue weighted by Crippen LogP contribution is 2.54. The van der Waals surface area contributed by atoms with Gasteiger partial charge in [0, 0.05) is 12.5 Å². The van der Waals surface area contributed by atoms with E-state index in [1.54, 1.807) is 0 Å². The zero-order chi connectivity index (χ0) is 12.1. The molecule has 0 aromatic carbocycles. The van der Waals surface area contributed by atoms with E-state index in [9.17, 15) is 9.59 Å². The first-order valence-electron chi connectivity index (χ1n) is 6.23. The number of ketones is 1. The van der Waals surface area contributed by atoms with Crippen molar-refractivity contribution in [1.82, 2.24) is 4.90 Å². The lowest BCUT2D eigenvalue weighted by atomic mass is 9.55. The van der Waals surface area contributed by atoms with Gasteiger partial charge in [-0.05, 0) is 40.5 Å². The van der Waals surface area contributed by atoms with Crippen LogP contribution in [-0.4, -0.2) is 28.2 Å². The molecule has 1 aliphatic heterocycles. The largest absolute Gasteiger partial charge is 0.326 e. The second kappa shape index (κ2) is 3.31. The average molecular weight is 223 g/mol. The van der Waals surface area contributed by atoms with Crippen molar-refractivity contribution in [2.45, 2.75) is 65.0 Å². The van der Waals surface area contributed by atoms with Gasteiger partial charge in [0.05, 0.1) is 5.41 Å². The third-order valence-corrected chi connectivity index (χ3v) is 4.37. The van der Waals surface area contributed by atoms with Gasteiger partial charge in [-0.1, -0.05) is 6.42 Å². The summed E-state index contributed by atoms with van der Waals surface area (Å²) in [5.74, 6) is 0.412. The zero-order valence-electron chi connectivity index (χ0n) is 10.7. The summed E-state index contributed by atoms with van der Waals surface area (Å²) in [6.45, 7) is 7.85. The fourth-order valence-electron chi connectivity index (χ4n) is 3.50. The Bertz CT molecular complexity index is 346. The first-order chi connectivity index (χ1) is 7.35. The molecule has 0 N–H and O–H groups in total. The van der Waals surface area contributed by atoms with Crippen LogP contribution in [0.2, 0.25) is 0 Å². The second-order valence-electron chi connectivity index (χ2n) is 5.88. The van der Waals surface area contributed by atoms with Crippen LogP contribution in [0.15, 0.2) is 0 Å². The maximum Gasteiger partial charge on any atom is 0.232 e. The molecular weight excluding hydrogens is 202 g/mol. The molecule has 3 nitrogen and oxygen atoms in total. The van der Waals surface area contributed by atoms with Gasteiger partial charge in [0.2, 0.25) is 5.91 Å². The van der Waals surface area contributed by atoms with Crippen molar-refractivity contribution in [3.05, 3.63) is 0 Å². The monoisotopic (exact) mass is 223 g/mol. The highest BCUT2D eigenvalue weighted by Gasteiger charge is 2.69. The van der Waals surface area contributed by atoms with Gasteiger partial charge < -0.3 is 4.90 Å². The van der Waals surface area contributed by atoms with Crippen molar-refractivity contribution in [1.29, 1.82) is 0 Å². The number of hydrogen-bond donors (Lipinski definition) is 0. The molecule has 1 unspecified atom stereocenters. The Labute approximate surface area is 97.2 Å². The molecule has 1 saturated carbocycles. The number of nitrogens with zero attached hydrogens (tertiary/aromatic N) is 1. The summed E-state index contributed by atoms with van der Waals surface area (Å²) in [6.07, 6.45) is 3.53. The van der Waals surface area contributed by atoms with Gasteiger partial charge in [-0.15, -0.1) is 0 Å². The topological polar surface area (TPSA) is 37.4 Å². The van der Waals surface area contributed by atoms with Crippen molar-refractivity contribution in [3.63, 3.8) is 0 Å². The highest BCUT2D eigenvalue weighted by atomic mass is 16.2. The molecule has 2 rings (SSSR count). The van der Waals surface area contributed by atoms with Crippen LogP contribution in [0.5, 0.6) is 0 Å². The van der Waals surface area contributed by atoms with Gasteiger partial charge in [0.1, 0.15) is 5.54 Å². The van der Waals surface area contributed by atoms with Crippen molar-refractivity contribution in [2.75, 3.05) is 0 Å². The Kier molecular flexibility index (Phi) is 2.41. The molecule has 3 heteroatoms. The summed E-state index contributed by atoms with van der Waals surface area (Å²) in [4.78, 5) is 26.2. The molecule has 0 bridgehead atoms. The van der Waals surface area contributed by atoms with E-state index in [0.717, 1.165) is 19.3 Å². The van der Waals surface area contributed by atoms with Crippen LogP contribution in [-0.2, 0) is 9.59 Å². The van der Waals surface area contributed by atoms with Crippen LogP contribution in [0.3, 0.4) is 0 Å². The van der Waals surface area contributed by atoms with Gasteiger partial charge in [-0.2, -0.15) is 0 Å². The first-order valence-corrected chi connectivity index (χ1v) is 6.23. The third kappa shape index (κ3) is 1.09. The quantitative estimate of drug-likeness (QED) is 0.639. The molecule has 2 aliphatic rings. The van der Waals surface area contributed by atoms with Gasteiger partial charge in [-0.3, -0.25) is 9.59 Å². The molecule has 1 spiro atoms. The van der Waals surface area contributed by atoms with Crippen LogP contribution >= 0.6 is 0 Å². The minimum Gasteiger partial charge on any atom is -0.326 e. The van der Waals surface area contributed by atoms with Crippen LogP contribution in [0.25, 0.3) is 0 Å². The van der Waals surface area contributed by atoms with E-state index in [-0.39, 0.29) is 17.7 Å². The number of carbonyl (C=O) groups is 2. The van der Waals surface area contributed by atoms with E-state index in [1.807, 2.05) is 32.6 Å². The van der Waals surface area contributed by atoms with Crippen LogP contribution < -0.4 is 0 Å². The van der Waals surface area contributed by atoms with Crippen molar-refractivity contribution < 1.29 is 9.59 Å². The minimum absolute atomic E-state index is 0.127. The first kappa shape index (κ1) is 11.6. The van der Waals surface area contributed by atoms with Crippen molar-refractivity contribution in [2.24, 2.45) is 5.41 Å². The number of likely N-dealkylation sites (tertiary alicyclic amines) is 1. The summed E-state index contributed by atoms with van der Waals surface area (Å²) in [5, 5.41) is 0. The van der Waals surface area contributed by atoms with Gasteiger partial charge in [-0.25, -0.2) is 0 Å². The standard InChI is InChI=1S/C13H21NO2/c1-9(2)14-11(16)12(3,4)13(14)8-6-5-7-10(13)15/h9H,5-8H2,1-4H3. The summed E-state index contributed by atoms with van der Waals surface area (Å²) in [5.41, 5.74) is -0.981. The lowest BCUT2D eigenvalue weighted by Crippen LogP contribution is -2.81. The molecule has 0 radical (unpaired) electrons. The normalized spacial score (nSPS) is 33.4. The highest BCUT2D eigenvalue weighted by molar-refractivity contribution is 6.06. The van der Waals surface area contributed by atoms with E-state index in [2.05, 4.69) is 0 Å². The van der Waals surface area contributed by atoms with Crippen LogP contribution in [0, 0.1) is 5.41 Å². The van der Waals surface area contributed by atoms with E-state index in [4.69, 9.17) is 0 Å². The van der Waals surface area contributed by atoms with Gasteiger partial charge in [0.25, 0.3) is 0 Å². The second-order valence-corrected chi connectivity index (χ2v) is 5.88. The molecule has 0 aromatic rings. The van der Waals surface area contributed by atoms with Gasteiger partial charge >= 0.3 is 0 Å². The minimum atomic E-state index is -0.491. The lowest BCUT2D eigenvalue weighted by Gasteiger charge is -2.64. The molecule has 2 fully saturated rings. The molecule has 1 atom stereocenters. The Balaban J connectivity index is 2.42. The fourth-order valence-corrected chi connectivity index (χ4v) is 3.50. The predicted molar refractivity (Wildman–Crippen MR) is 62.0 cm³/mol. The summed E-state index contributed by atoms with van der Waals surface area (Å²) >= 11 is 0. The fraction of sp³-hybridized carbons (Fsp3) is 0.846. The number of hydrogen-bond acceptors (Lipinski definition) is 2. The molecule has 1 aliphatic carbocycles.